The molecule has 0 spiro atoms. The molecule has 3 aromatic heterocycles. The highest BCUT2D eigenvalue weighted by atomic mass is 32.1. The fourth-order valence-electron chi connectivity index (χ4n) is 4.17. The first kappa shape index (κ1) is 20.7. The Labute approximate surface area is 186 Å². The van der Waals surface area contributed by atoms with Crippen molar-refractivity contribution in [1.29, 1.82) is 0 Å². The quantitative estimate of drug-likeness (QED) is 0.500. The van der Waals surface area contributed by atoms with Gasteiger partial charge in [0, 0.05) is 12.3 Å². The van der Waals surface area contributed by atoms with Crippen LogP contribution in [-0.2, 0) is 22.6 Å². The van der Waals surface area contributed by atoms with Gasteiger partial charge in [-0.2, -0.15) is 0 Å². The van der Waals surface area contributed by atoms with E-state index in [0.29, 0.717) is 29.1 Å². The first-order valence-corrected chi connectivity index (χ1v) is 11.4. The van der Waals surface area contributed by atoms with Crippen molar-refractivity contribution >= 4 is 38.9 Å². The van der Waals surface area contributed by atoms with Gasteiger partial charge < -0.3 is 10.1 Å². The number of hydrogen-bond acceptors (Lipinski definition) is 6. The summed E-state index contributed by atoms with van der Waals surface area (Å²) in [7, 11) is 0. The van der Waals surface area contributed by atoms with Crippen molar-refractivity contribution in [2.24, 2.45) is 0 Å². The lowest BCUT2D eigenvalue weighted by molar-refractivity contribution is -0.117. The van der Waals surface area contributed by atoms with Gasteiger partial charge in [-0.25, -0.2) is 13.9 Å². The van der Waals surface area contributed by atoms with Crippen molar-refractivity contribution in [2.75, 3.05) is 11.9 Å². The average molecular weight is 454 g/mol. The second kappa shape index (κ2) is 8.03. The van der Waals surface area contributed by atoms with Crippen LogP contribution in [0.4, 0.5) is 5.69 Å². The summed E-state index contributed by atoms with van der Waals surface area (Å²) in [6, 6.07) is 7.46. The summed E-state index contributed by atoms with van der Waals surface area (Å²) in [4.78, 5) is 39.0. The monoisotopic (exact) mass is 453 g/mol. The minimum atomic E-state index is -0.458. The number of anilines is 1. The highest BCUT2D eigenvalue weighted by molar-refractivity contribution is 7.17. The lowest BCUT2D eigenvalue weighted by atomic mass is 10.1. The molecule has 32 heavy (non-hydrogen) atoms. The van der Waals surface area contributed by atoms with Gasteiger partial charge in [0.1, 0.15) is 11.2 Å². The van der Waals surface area contributed by atoms with Crippen molar-refractivity contribution in [3.63, 3.8) is 0 Å². The number of benzene rings is 1. The molecule has 1 saturated heterocycles. The van der Waals surface area contributed by atoms with Crippen molar-refractivity contribution < 1.29 is 9.53 Å². The van der Waals surface area contributed by atoms with Crippen LogP contribution < -0.4 is 16.6 Å². The maximum Gasteiger partial charge on any atom is 0.352 e. The van der Waals surface area contributed by atoms with Crippen LogP contribution in [0.15, 0.2) is 39.2 Å². The molecule has 0 bridgehead atoms. The van der Waals surface area contributed by atoms with Crippen LogP contribution in [-0.4, -0.2) is 37.4 Å². The van der Waals surface area contributed by atoms with Gasteiger partial charge >= 0.3 is 5.69 Å². The van der Waals surface area contributed by atoms with Gasteiger partial charge in [0.15, 0.2) is 0 Å². The minimum Gasteiger partial charge on any atom is -0.376 e. The summed E-state index contributed by atoms with van der Waals surface area (Å²) >= 11 is 1.29. The van der Waals surface area contributed by atoms with Crippen LogP contribution >= 0.6 is 11.3 Å². The number of hydrogen-bond donors (Lipinski definition) is 1. The third-order valence-electron chi connectivity index (χ3n) is 5.75. The first-order chi connectivity index (χ1) is 15.4. The Balaban J connectivity index is 1.54. The number of aryl methyl sites for hydroxylation is 2. The number of nitrogens with one attached hydrogen (secondary N) is 1. The second-order valence-electron chi connectivity index (χ2n) is 8.13. The second-order valence-corrected chi connectivity index (χ2v) is 9.04. The molecule has 1 atom stereocenters. The van der Waals surface area contributed by atoms with E-state index >= 15 is 0 Å². The van der Waals surface area contributed by atoms with Crippen molar-refractivity contribution in [3.8, 4) is 0 Å². The molecule has 10 heteroatoms. The van der Waals surface area contributed by atoms with E-state index in [9.17, 15) is 14.4 Å². The number of rotatable bonds is 5. The molecule has 4 aromatic rings. The number of ether oxygens (including phenoxy) is 1. The zero-order valence-electron chi connectivity index (χ0n) is 17.8. The Bertz CT molecular complexity index is 1460. The molecule has 1 amide bonds. The zero-order valence-corrected chi connectivity index (χ0v) is 18.6. The molecule has 5 rings (SSSR count). The van der Waals surface area contributed by atoms with E-state index in [1.807, 2.05) is 32.0 Å². The van der Waals surface area contributed by atoms with Crippen LogP contribution in [0, 0.1) is 13.8 Å². The van der Waals surface area contributed by atoms with Crippen LogP contribution in [0.1, 0.15) is 24.0 Å². The molecule has 0 saturated carbocycles. The van der Waals surface area contributed by atoms with Gasteiger partial charge in [-0.05, 0) is 49.8 Å². The molecule has 1 aliphatic rings. The summed E-state index contributed by atoms with van der Waals surface area (Å²) in [6.45, 7) is 4.62. The van der Waals surface area contributed by atoms with E-state index in [1.165, 1.54) is 20.3 Å². The van der Waals surface area contributed by atoms with Crippen LogP contribution in [0.3, 0.4) is 0 Å². The Morgan fingerprint density at radius 2 is 2.12 bits per heavy atom. The molecule has 1 N–H and O–H groups in total. The van der Waals surface area contributed by atoms with E-state index in [-0.39, 0.29) is 29.9 Å². The fraction of sp³-hybridized carbons (Fsp3) is 0.364. The van der Waals surface area contributed by atoms with Crippen molar-refractivity contribution in [3.05, 3.63) is 61.6 Å². The lowest BCUT2D eigenvalue weighted by Crippen LogP contribution is -2.30. The average Bonchev–Trinajstić information content (AvgIpc) is 3.49. The number of fused-ring (bicyclic) bond motifs is 3. The molecule has 0 radical (unpaired) electrons. The number of aromatic nitrogens is 4. The van der Waals surface area contributed by atoms with Gasteiger partial charge in [0.05, 0.1) is 18.2 Å². The molecule has 1 aromatic carbocycles. The number of nitrogens with zero attached hydrogens (tertiary/aromatic N) is 4. The maximum atomic E-state index is 13.2. The number of carbonyl (C=O) groups excluding carboxylic acids is 1. The Morgan fingerprint density at radius 3 is 2.88 bits per heavy atom. The predicted octanol–water partition coefficient (Wildman–Crippen LogP) is 2.31. The molecule has 4 heterocycles. The molecule has 1 fully saturated rings. The minimum absolute atomic E-state index is 0.0954. The van der Waals surface area contributed by atoms with Gasteiger partial charge in [-0.1, -0.05) is 17.7 Å². The Kier molecular flexibility index (Phi) is 5.18. The smallest absolute Gasteiger partial charge is 0.352 e. The third kappa shape index (κ3) is 3.55. The highest BCUT2D eigenvalue weighted by Crippen LogP contribution is 2.20. The van der Waals surface area contributed by atoms with Gasteiger partial charge in [0.25, 0.3) is 5.56 Å². The van der Waals surface area contributed by atoms with E-state index in [0.717, 1.165) is 28.7 Å². The van der Waals surface area contributed by atoms with Gasteiger partial charge in [-0.3, -0.25) is 14.2 Å². The summed E-state index contributed by atoms with van der Waals surface area (Å²) in [6.07, 6.45) is 1.70. The first-order valence-electron chi connectivity index (χ1n) is 10.5. The topological polar surface area (TPSA) is 99.6 Å². The van der Waals surface area contributed by atoms with Crippen LogP contribution in [0.25, 0.3) is 16.0 Å². The summed E-state index contributed by atoms with van der Waals surface area (Å²) < 4.78 is 10.2. The Morgan fingerprint density at radius 1 is 1.28 bits per heavy atom. The molecular weight excluding hydrogens is 430 g/mol. The molecule has 0 aliphatic carbocycles. The van der Waals surface area contributed by atoms with Gasteiger partial charge in [-0.15, -0.1) is 16.4 Å². The number of amides is 1. The molecule has 1 aliphatic heterocycles. The van der Waals surface area contributed by atoms with Crippen molar-refractivity contribution in [2.45, 2.75) is 45.9 Å². The normalized spacial score (nSPS) is 16.2. The third-order valence-corrected chi connectivity index (χ3v) is 6.64. The predicted molar refractivity (Wildman–Crippen MR) is 123 cm³/mol. The van der Waals surface area contributed by atoms with E-state index in [4.69, 9.17) is 4.74 Å². The molecular formula is C22H23N5O4S. The van der Waals surface area contributed by atoms with Crippen molar-refractivity contribution in [1.82, 2.24) is 18.7 Å². The summed E-state index contributed by atoms with van der Waals surface area (Å²) in [5.74, 6) is -0.141. The van der Waals surface area contributed by atoms with E-state index < -0.39 is 5.69 Å². The summed E-state index contributed by atoms with van der Waals surface area (Å²) in [5.41, 5.74) is 2.57. The van der Waals surface area contributed by atoms with Gasteiger partial charge in [0.2, 0.25) is 11.7 Å². The van der Waals surface area contributed by atoms with Crippen LogP contribution in [0.2, 0.25) is 0 Å². The van der Waals surface area contributed by atoms with E-state index in [2.05, 4.69) is 10.4 Å². The maximum absolute atomic E-state index is 13.2. The SMILES string of the molecule is Cc1ccc(NC(=O)Cn2nc3n(CC4CCCO4)c(=O)c4sccc4n3c2=O)c(C)c1. The highest BCUT2D eigenvalue weighted by Gasteiger charge is 2.23. The molecule has 9 nitrogen and oxygen atoms in total. The lowest BCUT2D eigenvalue weighted by Gasteiger charge is -2.12. The number of thiophene rings is 1. The fourth-order valence-corrected chi connectivity index (χ4v) is 5.00. The zero-order chi connectivity index (χ0) is 22.4. The summed E-state index contributed by atoms with van der Waals surface area (Å²) in [5, 5.41) is 9.00. The standard InChI is InChI=1S/C22H23N5O4S/c1-13-5-6-16(14(2)10-13)23-18(28)12-26-22(30)27-17-7-9-32-19(17)20(29)25(21(27)24-26)11-15-4-3-8-31-15/h5-7,9-10,15H,3-4,8,11-12H2,1-2H3,(H,23,28). The largest absolute Gasteiger partial charge is 0.376 e. The van der Waals surface area contributed by atoms with Crippen LogP contribution in [0.5, 0.6) is 0 Å². The molecule has 166 valence electrons. The number of carbonyl (C=O) groups is 1. The Hall–Kier alpha value is -3.24. The van der Waals surface area contributed by atoms with E-state index in [1.54, 1.807) is 11.4 Å². The molecule has 1 unspecified atom stereocenters.